The van der Waals surface area contributed by atoms with Crippen LogP contribution in [0, 0.1) is 11.3 Å². The van der Waals surface area contributed by atoms with Gasteiger partial charge in [0, 0.05) is 11.3 Å². The minimum absolute atomic E-state index is 0.228. The Hall–Kier alpha value is -1.53. The van der Waals surface area contributed by atoms with E-state index in [0.717, 1.165) is 0 Å². The fraction of sp³-hybridized carbons (Fsp3) is 0.200. The molecule has 2 N–H and O–H groups in total. The van der Waals surface area contributed by atoms with Gasteiger partial charge in [-0.25, -0.2) is 0 Å². The Morgan fingerprint density at radius 2 is 2.29 bits per heavy atom. The molecule has 0 radical (unpaired) electrons. The molecule has 72 valence electrons. The number of anilines is 1. The van der Waals surface area contributed by atoms with Crippen molar-refractivity contribution in [2.24, 2.45) is 0 Å². The van der Waals surface area contributed by atoms with Crippen LogP contribution in [0.2, 0.25) is 0 Å². The Morgan fingerprint density at radius 1 is 1.64 bits per heavy atom. The number of carbonyl (C=O) groups is 1. The van der Waals surface area contributed by atoms with E-state index in [9.17, 15) is 4.79 Å². The van der Waals surface area contributed by atoms with Crippen molar-refractivity contribution >= 4 is 23.1 Å². The number of ketones is 1. The molecule has 3 nitrogen and oxygen atoms in total. The van der Waals surface area contributed by atoms with E-state index in [2.05, 4.69) is 0 Å². The topological polar surface area (TPSA) is 66.9 Å². The van der Waals surface area contributed by atoms with Crippen molar-refractivity contribution in [3.63, 3.8) is 0 Å². The number of hydrogen-bond donors (Lipinski definition) is 1. The van der Waals surface area contributed by atoms with Crippen LogP contribution in [-0.2, 0) is 0 Å². The van der Waals surface area contributed by atoms with Crippen LogP contribution in [0.1, 0.15) is 22.8 Å². The highest BCUT2D eigenvalue weighted by molar-refractivity contribution is 6.34. The zero-order valence-corrected chi connectivity index (χ0v) is 8.38. The number of nitriles is 1. The monoisotopic (exact) mass is 208 g/mol. The van der Waals surface area contributed by atoms with E-state index in [1.165, 1.54) is 12.1 Å². The molecule has 14 heavy (non-hydrogen) atoms. The molecule has 0 heterocycles. The van der Waals surface area contributed by atoms with Gasteiger partial charge in [0.15, 0.2) is 5.78 Å². The van der Waals surface area contributed by atoms with E-state index in [4.69, 9.17) is 22.6 Å². The maximum atomic E-state index is 11.5. The minimum Gasteiger partial charge on any atom is -0.398 e. The van der Waals surface area contributed by atoms with Gasteiger partial charge in [0.05, 0.1) is 17.0 Å². The van der Waals surface area contributed by atoms with Gasteiger partial charge in [-0.05, 0) is 25.1 Å². The Balaban J connectivity index is 3.14. The van der Waals surface area contributed by atoms with Crippen molar-refractivity contribution in [3.8, 4) is 6.07 Å². The maximum absolute atomic E-state index is 11.5. The fourth-order valence-electron chi connectivity index (χ4n) is 1.07. The first-order chi connectivity index (χ1) is 6.56. The molecule has 4 heteroatoms. The third-order valence-corrected chi connectivity index (χ3v) is 2.01. The Labute approximate surface area is 87.1 Å². The molecule has 0 spiro atoms. The quantitative estimate of drug-likeness (QED) is 0.459. The van der Waals surface area contributed by atoms with E-state index in [-0.39, 0.29) is 5.78 Å². The SMILES string of the molecule is CC(Cl)C(=O)c1ccc(C#N)cc1N. The van der Waals surface area contributed by atoms with E-state index in [0.29, 0.717) is 16.8 Å². The fourth-order valence-corrected chi connectivity index (χ4v) is 1.19. The van der Waals surface area contributed by atoms with Gasteiger partial charge in [0.1, 0.15) is 0 Å². The Kier molecular flexibility index (Phi) is 3.10. The molecule has 1 aromatic rings. The van der Waals surface area contributed by atoms with Crippen LogP contribution >= 0.6 is 11.6 Å². The number of carbonyl (C=O) groups excluding carboxylic acids is 1. The van der Waals surface area contributed by atoms with Crippen molar-refractivity contribution in [2.45, 2.75) is 12.3 Å². The summed E-state index contributed by atoms with van der Waals surface area (Å²) in [6.45, 7) is 1.58. The summed E-state index contributed by atoms with van der Waals surface area (Å²) >= 11 is 5.64. The number of nitrogen functional groups attached to an aromatic ring is 1. The molecule has 0 saturated heterocycles. The van der Waals surface area contributed by atoms with Crippen LogP contribution in [0.25, 0.3) is 0 Å². The van der Waals surface area contributed by atoms with E-state index < -0.39 is 5.38 Å². The molecular weight excluding hydrogens is 200 g/mol. The first-order valence-electron chi connectivity index (χ1n) is 4.04. The lowest BCUT2D eigenvalue weighted by atomic mass is 10.0. The van der Waals surface area contributed by atoms with Gasteiger partial charge >= 0.3 is 0 Å². The summed E-state index contributed by atoms with van der Waals surface area (Å²) in [6.07, 6.45) is 0. The lowest BCUT2D eigenvalue weighted by Gasteiger charge is -2.05. The van der Waals surface area contributed by atoms with E-state index in [1.54, 1.807) is 13.0 Å². The molecule has 1 rings (SSSR count). The number of rotatable bonds is 2. The van der Waals surface area contributed by atoms with Crippen LogP contribution in [0.5, 0.6) is 0 Å². The van der Waals surface area contributed by atoms with Gasteiger partial charge in [-0.3, -0.25) is 4.79 Å². The Morgan fingerprint density at radius 3 is 2.71 bits per heavy atom. The summed E-state index contributed by atoms with van der Waals surface area (Å²) in [7, 11) is 0. The van der Waals surface area contributed by atoms with Gasteiger partial charge in [0.2, 0.25) is 0 Å². The number of Topliss-reactive ketones (excluding diaryl/α,β-unsaturated/α-hetero) is 1. The highest BCUT2D eigenvalue weighted by atomic mass is 35.5. The number of hydrogen-bond acceptors (Lipinski definition) is 3. The Bertz CT molecular complexity index is 407. The van der Waals surface area contributed by atoms with Crippen LogP contribution in [0.4, 0.5) is 5.69 Å². The van der Waals surface area contributed by atoms with Crippen molar-refractivity contribution in [2.75, 3.05) is 5.73 Å². The second kappa shape index (κ2) is 4.12. The molecule has 1 atom stereocenters. The maximum Gasteiger partial charge on any atom is 0.182 e. The van der Waals surface area contributed by atoms with Gasteiger partial charge in [-0.15, -0.1) is 11.6 Å². The molecule has 0 aliphatic rings. The second-order valence-electron chi connectivity index (χ2n) is 2.89. The average molecular weight is 209 g/mol. The molecular formula is C10H9ClN2O. The molecule has 0 amide bonds. The van der Waals surface area contributed by atoms with E-state index >= 15 is 0 Å². The third kappa shape index (κ3) is 2.04. The summed E-state index contributed by atoms with van der Waals surface area (Å²) in [5.41, 5.74) is 6.70. The lowest BCUT2D eigenvalue weighted by Crippen LogP contribution is -2.12. The first kappa shape index (κ1) is 10.6. The average Bonchev–Trinajstić information content (AvgIpc) is 2.16. The molecule has 1 aromatic carbocycles. The van der Waals surface area contributed by atoms with Crippen molar-refractivity contribution in [1.29, 1.82) is 5.26 Å². The molecule has 0 saturated carbocycles. The predicted molar refractivity (Wildman–Crippen MR) is 55.2 cm³/mol. The van der Waals surface area contributed by atoms with Crippen LogP contribution in [-0.4, -0.2) is 11.2 Å². The number of halogens is 1. The molecule has 0 aromatic heterocycles. The minimum atomic E-state index is -0.606. The number of nitrogens with two attached hydrogens (primary N) is 1. The molecule has 0 bridgehead atoms. The van der Waals surface area contributed by atoms with Crippen LogP contribution in [0.15, 0.2) is 18.2 Å². The van der Waals surface area contributed by atoms with Crippen molar-refractivity contribution < 1.29 is 4.79 Å². The van der Waals surface area contributed by atoms with Gasteiger partial charge < -0.3 is 5.73 Å². The third-order valence-electron chi connectivity index (χ3n) is 1.81. The zero-order chi connectivity index (χ0) is 10.7. The molecule has 1 unspecified atom stereocenters. The normalized spacial score (nSPS) is 11.8. The molecule has 0 fully saturated rings. The predicted octanol–water partition coefficient (Wildman–Crippen LogP) is 1.95. The van der Waals surface area contributed by atoms with Gasteiger partial charge in [-0.1, -0.05) is 0 Å². The highest BCUT2D eigenvalue weighted by Crippen LogP contribution is 2.17. The first-order valence-corrected chi connectivity index (χ1v) is 4.48. The largest absolute Gasteiger partial charge is 0.398 e. The second-order valence-corrected chi connectivity index (χ2v) is 3.55. The van der Waals surface area contributed by atoms with Gasteiger partial charge in [-0.2, -0.15) is 5.26 Å². The molecule has 0 aliphatic heterocycles. The summed E-state index contributed by atoms with van der Waals surface area (Å²) in [5.74, 6) is -0.228. The lowest BCUT2D eigenvalue weighted by molar-refractivity contribution is 0.0992. The number of benzene rings is 1. The smallest absolute Gasteiger partial charge is 0.182 e. The van der Waals surface area contributed by atoms with Gasteiger partial charge in [0.25, 0.3) is 0 Å². The van der Waals surface area contributed by atoms with Crippen molar-refractivity contribution in [1.82, 2.24) is 0 Å². The number of alkyl halides is 1. The van der Waals surface area contributed by atoms with E-state index in [1.807, 2.05) is 6.07 Å². The highest BCUT2D eigenvalue weighted by Gasteiger charge is 2.15. The van der Waals surface area contributed by atoms with Crippen LogP contribution < -0.4 is 5.73 Å². The standard InChI is InChI=1S/C10H9ClN2O/c1-6(11)10(14)8-3-2-7(5-12)4-9(8)13/h2-4,6H,13H2,1H3. The summed E-state index contributed by atoms with van der Waals surface area (Å²) in [6, 6.07) is 6.47. The van der Waals surface area contributed by atoms with Crippen molar-refractivity contribution in [3.05, 3.63) is 29.3 Å². The summed E-state index contributed by atoms with van der Waals surface area (Å²) in [4.78, 5) is 11.5. The van der Waals surface area contributed by atoms with Crippen LogP contribution in [0.3, 0.4) is 0 Å². The zero-order valence-electron chi connectivity index (χ0n) is 7.62. The number of nitrogens with zero attached hydrogens (tertiary/aromatic N) is 1. The summed E-state index contributed by atoms with van der Waals surface area (Å²) in [5, 5.41) is 7.98. The summed E-state index contributed by atoms with van der Waals surface area (Å²) < 4.78 is 0. The molecule has 0 aliphatic carbocycles.